The zero-order chi connectivity index (χ0) is 14.7. The number of thiazole rings is 1. The first-order chi connectivity index (χ1) is 10.2. The van der Waals surface area contributed by atoms with Crippen LogP contribution < -0.4 is 5.32 Å². The van der Waals surface area contributed by atoms with Crippen LogP contribution in [0.1, 0.15) is 19.3 Å². The Hall–Kier alpha value is -1.46. The molecule has 108 valence electrons. The van der Waals surface area contributed by atoms with Gasteiger partial charge in [0.05, 0.1) is 5.69 Å². The zero-order valence-electron chi connectivity index (χ0n) is 11.4. The smallest absolute Gasteiger partial charge is 0.229 e. The van der Waals surface area contributed by atoms with E-state index >= 15 is 0 Å². The number of carbonyl (C=O) groups excluding carboxylic acids is 1. The lowest BCUT2D eigenvalue weighted by atomic mass is 9.94. The Morgan fingerprint density at radius 3 is 3.05 bits per heavy atom. The van der Waals surface area contributed by atoms with Crippen LogP contribution in [-0.4, -0.2) is 10.9 Å². The molecule has 3 nitrogen and oxygen atoms in total. The van der Waals surface area contributed by atoms with Crippen LogP contribution in [0.3, 0.4) is 0 Å². The Balaban J connectivity index is 1.70. The quantitative estimate of drug-likeness (QED) is 0.791. The molecule has 2 aromatic rings. The number of hydrogen-bond donors (Lipinski definition) is 1. The van der Waals surface area contributed by atoms with Crippen LogP contribution in [0.2, 0.25) is 0 Å². The predicted molar refractivity (Wildman–Crippen MR) is 90.4 cm³/mol. The van der Waals surface area contributed by atoms with E-state index in [0.717, 1.165) is 35.0 Å². The van der Waals surface area contributed by atoms with E-state index in [-0.39, 0.29) is 11.8 Å². The van der Waals surface area contributed by atoms with Crippen molar-refractivity contribution in [3.8, 4) is 11.3 Å². The second-order valence-corrected chi connectivity index (χ2v) is 6.79. The normalized spacial score (nSPS) is 17.7. The summed E-state index contributed by atoms with van der Waals surface area (Å²) in [7, 11) is 0. The molecule has 1 unspecified atom stereocenters. The lowest BCUT2D eigenvalue weighted by Crippen LogP contribution is -2.23. The minimum atomic E-state index is 0.0771. The summed E-state index contributed by atoms with van der Waals surface area (Å²) in [6.07, 6.45) is 6.96. The fourth-order valence-corrected chi connectivity index (χ4v) is 3.47. The van der Waals surface area contributed by atoms with Crippen LogP contribution in [0.4, 0.5) is 5.13 Å². The van der Waals surface area contributed by atoms with Crippen LogP contribution in [-0.2, 0) is 4.79 Å². The summed E-state index contributed by atoms with van der Waals surface area (Å²) in [5.41, 5.74) is 1.93. The van der Waals surface area contributed by atoms with Crippen LogP contribution >= 0.6 is 27.3 Å². The number of halogens is 1. The molecule has 1 aromatic heterocycles. The standard InChI is InChI=1S/C16H15BrN2OS/c17-13-8-4-7-12(9-13)14-10-21-16(18-14)19-15(20)11-5-2-1-3-6-11/h1-2,4,7-11H,3,5-6H2,(H,18,19,20). The highest BCUT2D eigenvalue weighted by Gasteiger charge is 2.19. The predicted octanol–water partition coefficient (Wildman–Crippen LogP) is 4.87. The number of benzene rings is 1. The number of hydrogen-bond acceptors (Lipinski definition) is 3. The maximum atomic E-state index is 12.2. The van der Waals surface area contributed by atoms with Gasteiger partial charge in [-0.2, -0.15) is 0 Å². The van der Waals surface area contributed by atoms with Crippen LogP contribution in [0.5, 0.6) is 0 Å². The molecule has 1 aliphatic rings. The Labute approximate surface area is 136 Å². The Morgan fingerprint density at radius 2 is 2.29 bits per heavy atom. The van der Waals surface area contributed by atoms with E-state index in [1.54, 1.807) is 0 Å². The Morgan fingerprint density at radius 1 is 1.38 bits per heavy atom. The number of nitrogens with one attached hydrogen (secondary N) is 1. The number of rotatable bonds is 3. The van der Waals surface area contributed by atoms with Gasteiger partial charge in [0.2, 0.25) is 5.91 Å². The first kappa shape index (κ1) is 14.5. The van der Waals surface area contributed by atoms with Gasteiger partial charge in [-0.05, 0) is 31.4 Å². The van der Waals surface area contributed by atoms with Gasteiger partial charge in [-0.1, -0.05) is 40.2 Å². The SMILES string of the molecule is O=C(Nc1nc(-c2cccc(Br)c2)cs1)C1CC=CCC1. The number of allylic oxidation sites excluding steroid dienone is 2. The Bertz CT molecular complexity index is 680. The fraction of sp³-hybridized carbons (Fsp3) is 0.250. The van der Waals surface area contributed by atoms with E-state index in [4.69, 9.17) is 0 Å². The van der Waals surface area contributed by atoms with Gasteiger partial charge in [0.1, 0.15) is 0 Å². The number of carbonyl (C=O) groups is 1. The molecule has 0 aliphatic heterocycles. The molecular formula is C16H15BrN2OS. The third-order valence-electron chi connectivity index (χ3n) is 3.49. The lowest BCUT2D eigenvalue weighted by Gasteiger charge is -2.15. The molecule has 1 atom stereocenters. The maximum absolute atomic E-state index is 12.2. The van der Waals surface area contributed by atoms with E-state index in [0.29, 0.717) is 5.13 Å². The van der Waals surface area contributed by atoms with Crippen molar-refractivity contribution in [2.24, 2.45) is 5.92 Å². The van der Waals surface area contributed by atoms with Gasteiger partial charge in [-0.25, -0.2) is 4.98 Å². The zero-order valence-corrected chi connectivity index (χ0v) is 13.8. The summed E-state index contributed by atoms with van der Waals surface area (Å²) in [6.45, 7) is 0. The molecule has 0 saturated carbocycles. The second-order valence-electron chi connectivity index (χ2n) is 5.02. The van der Waals surface area contributed by atoms with Crippen molar-refractivity contribution in [2.45, 2.75) is 19.3 Å². The van der Waals surface area contributed by atoms with Crippen LogP contribution in [0.15, 0.2) is 46.3 Å². The van der Waals surface area contributed by atoms with Crippen molar-refractivity contribution in [1.29, 1.82) is 0 Å². The lowest BCUT2D eigenvalue weighted by molar-refractivity contribution is -0.120. The molecule has 0 radical (unpaired) electrons. The van der Waals surface area contributed by atoms with Gasteiger partial charge in [-0.3, -0.25) is 4.79 Å². The first-order valence-electron chi connectivity index (χ1n) is 6.90. The molecule has 1 heterocycles. The van der Waals surface area contributed by atoms with E-state index in [9.17, 15) is 4.79 Å². The minimum absolute atomic E-state index is 0.0771. The van der Waals surface area contributed by atoms with Crippen molar-refractivity contribution in [3.63, 3.8) is 0 Å². The minimum Gasteiger partial charge on any atom is -0.302 e. The van der Waals surface area contributed by atoms with Gasteiger partial charge < -0.3 is 5.32 Å². The summed E-state index contributed by atoms with van der Waals surface area (Å²) in [5, 5.41) is 5.58. The average Bonchev–Trinajstić information content (AvgIpc) is 2.97. The highest BCUT2D eigenvalue weighted by atomic mass is 79.9. The molecule has 1 aliphatic carbocycles. The van der Waals surface area contributed by atoms with Gasteiger partial charge in [-0.15, -0.1) is 11.3 Å². The number of aromatic nitrogens is 1. The molecule has 3 rings (SSSR count). The molecule has 0 spiro atoms. The first-order valence-corrected chi connectivity index (χ1v) is 8.57. The third kappa shape index (κ3) is 3.60. The highest BCUT2D eigenvalue weighted by Crippen LogP contribution is 2.28. The number of anilines is 1. The summed E-state index contributed by atoms with van der Waals surface area (Å²) in [5.74, 6) is 0.155. The maximum Gasteiger partial charge on any atom is 0.229 e. The fourth-order valence-electron chi connectivity index (χ4n) is 2.35. The second kappa shape index (κ2) is 6.54. The number of nitrogens with zero attached hydrogens (tertiary/aromatic N) is 1. The molecule has 0 saturated heterocycles. The van der Waals surface area contributed by atoms with E-state index in [2.05, 4.69) is 38.4 Å². The molecule has 0 fully saturated rings. The van der Waals surface area contributed by atoms with E-state index in [1.807, 2.05) is 29.6 Å². The van der Waals surface area contributed by atoms with Crippen molar-refractivity contribution < 1.29 is 4.79 Å². The van der Waals surface area contributed by atoms with Crippen molar-refractivity contribution in [2.75, 3.05) is 5.32 Å². The summed E-state index contributed by atoms with van der Waals surface area (Å²) in [4.78, 5) is 16.7. The monoisotopic (exact) mass is 362 g/mol. The van der Waals surface area contributed by atoms with Crippen LogP contribution in [0.25, 0.3) is 11.3 Å². The highest BCUT2D eigenvalue weighted by molar-refractivity contribution is 9.10. The van der Waals surface area contributed by atoms with Gasteiger partial charge in [0.25, 0.3) is 0 Å². The average molecular weight is 363 g/mol. The third-order valence-corrected chi connectivity index (χ3v) is 4.75. The van der Waals surface area contributed by atoms with Gasteiger partial charge in [0.15, 0.2) is 5.13 Å². The summed E-state index contributed by atoms with van der Waals surface area (Å²) >= 11 is 4.92. The molecule has 1 amide bonds. The molecule has 0 bridgehead atoms. The molecule has 5 heteroatoms. The van der Waals surface area contributed by atoms with Crippen LogP contribution in [0, 0.1) is 5.92 Å². The molecular weight excluding hydrogens is 348 g/mol. The number of amides is 1. The largest absolute Gasteiger partial charge is 0.302 e. The van der Waals surface area contributed by atoms with Crippen molar-refractivity contribution in [1.82, 2.24) is 4.98 Å². The van der Waals surface area contributed by atoms with E-state index in [1.165, 1.54) is 11.3 Å². The topological polar surface area (TPSA) is 42.0 Å². The molecule has 21 heavy (non-hydrogen) atoms. The Kier molecular flexibility index (Phi) is 4.51. The molecule has 1 N–H and O–H groups in total. The molecule has 1 aromatic carbocycles. The summed E-state index contributed by atoms with van der Waals surface area (Å²) in [6, 6.07) is 7.99. The van der Waals surface area contributed by atoms with Gasteiger partial charge in [0, 0.05) is 21.3 Å². The van der Waals surface area contributed by atoms with Crippen molar-refractivity contribution in [3.05, 3.63) is 46.3 Å². The summed E-state index contributed by atoms with van der Waals surface area (Å²) < 4.78 is 1.02. The van der Waals surface area contributed by atoms with Gasteiger partial charge >= 0.3 is 0 Å². The van der Waals surface area contributed by atoms with Crippen molar-refractivity contribution >= 4 is 38.3 Å². The van der Waals surface area contributed by atoms with E-state index < -0.39 is 0 Å².